The van der Waals surface area contributed by atoms with Crippen molar-refractivity contribution < 1.29 is 4.79 Å². The van der Waals surface area contributed by atoms with Crippen LogP contribution in [-0.2, 0) is 6.54 Å². The van der Waals surface area contributed by atoms with E-state index in [1.54, 1.807) is 6.07 Å². The zero-order valence-electron chi connectivity index (χ0n) is 14.8. The van der Waals surface area contributed by atoms with Gasteiger partial charge in [-0.3, -0.25) is 4.90 Å². The van der Waals surface area contributed by atoms with E-state index >= 15 is 0 Å². The Kier molecular flexibility index (Phi) is 5.61. The highest BCUT2D eigenvalue weighted by atomic mass is 35.5. The molecule has 0 aromatic heterocycles. The van der Waals surface area contributed by atoms with Crippen molar-refractivity contribution in [2.45, 2.75) is 20.4 Å². The highest BCUT2D eigenvalue weighted by molar-refractivity contribution is 6.30. The van der Waals surface area contributed by atoms with E-state index in [0.717, 1.165) is 44.0 Å². The summed E-state index contributed by atoms with van der Waals surface area (Å²) in [5.74, 6) is 0. The van der Waals surface area contributed by atoms with E-state index in [4.69, 9.17) is 11.6 Å². The number of hydrogen-bond donors (Lipinski definition) is 1. The topological polar surface area (TPSA) is 35.6 Å². The zero-order chi connectivity index (χ0) is 17.8. The van der Waals surface area contributed by atoms with Crippen molar-refractivity contribution in [1.29, 1.82) is 0 Å². The number of anilines is 1. The van der Waals surface area contributed by atoms with Crippen molar-refractivity contribution in [3.8, 4) is 0 Å². The first-order chi connectivity index (χ1) is 12.0. The first kappa shape index (κ1) is 17.8. The van der Waals surface area contributed by atoms with Crippen LogP contribution in [0.4, 0.5) is 10.5 Å². The first-order valence-electron chi connectivity index (χ1n) is 8.62. The lowest BCUT2D eigenvalue weighted by molar-refractivity contribution is 0.143. The van der Waals surface area contributed by atoms with E-state index in [0.29, 0.717) is 5.02 Å². The maximum Gasteiger partial charge on any atom is 0.321 e. The maximum atomic E-state index is 12.5. The van der Waals surface area contributed by atoms with E-state index in [1.807, 2.05) is 24.0 Å². The molecule has 1 aliphatic rings. The highest BCUT2D eigenvalue weighted by Crippen LogP contribution is 2.20. The minimum absolute atomic E-state index is 0.0408. The van der Waals surface area contributed by atoms with E-state index in [1.165, 1.54) is 11.1 Å². The van der Waals surface area contributed by atoms with Gasteiger partial charge in [0.2, 0.25) is 0 Å². The third-order valence-electron chi connectivity index (χ3n) is 4.74. The number of halogens is 1. The average Bonchev–Trinajstić information content (AvgIpc) is 2.60. The molecule has 4 nitrogen and oxygen atoms in total. The summed E-state index contributed by atoms with van der Waals surface area (Å²) in [5.41, 5.74) is 4.47. The molecule has 1 heterocycles. The molecule has 25 heavy (non-hydrogen) atoms. The van der Waals surface area contributed by atoms with E-state index in [-0.39, 0.29) is 6.03 Å². The quantitative estimate of drug-likeness (QED) is 0.888. The van der Waals surface area contributed by atoms with Gasteiger partial charge in [-0.1, -0.05) is 35.9 Å². The Balaban J connectivity index is 1.53. The molecular weight excluding hydrogens is 334 g/mol. The second-order valence-electron chi connectivity index (χ2n) is 6.58. The Labute approximate surface area is 154 Å². The molecule has 2 aromatic rings. The van der Waals surface area contributed by atoms with Gasteiger partial charge in [0.15, 0.2) is 0 Å². The van der Waals surface area contributed by atoms with Crippen molar-refractivity contribution in [2.75, 3.05) is 31.5 Å². The van der Waals surface area contributed by atoms with Gasteiger partial charge in [-0.05, 0) is 48.7 Å². The van der Waals surface area contributed by atoms with Crippen LogP contribution in [0.2, 0.25) is 5.02 Å². The smallest absolute Gasteiger partial charge is 0.321 e. The summed E-state index contributed by atoms with van der Waals surface area (Å²) in [7, 11) is 0. The fourth-order valence-corrected chi connectivity index (χ4v) is 3.33. The molecule has 0 saturated carbocycles. The fraction of sp³-hybridized carbons (Fsp3) is 0.350. The van der Waals surface area contributed by atoms with Gasteiger partial charge in [0.25, 0.3) is 0 Å². The lowest BCUT2D eigenvalue weighted by Gasteiger charge is -2.35. The fourth-order valence-electron chi connectivity index (χ4n) is 3.10. The van der Waals surface area contributed by atoms with Crippen LogP contribution in [0, 0.1) is 13.8 Å². The monoisotopic (exact) mass is 357 g/mol. The molecule has 0 radical (unpaired) electrons. The Morgan fingerprint density at radius 3 is 2.44 bits per heavy atom. The second-order valence-corrected chi connectivity index (χ2v) is 7.02. The van der Waals surface area contributed by atoms with Crippen LogP contribution in [0.3, 0.4) is 0 Å². The number of nitrogens with zero attached hydrogens (tertiary/aromatic N) is 2. The van der Waals surface area contributed by atoms with E-state index in [9.17, 15) is 4.79 Å². The molecule has 132 valence electrons. The molecule has 1 fully saturated rings. The van der Waals surface area contributed by atoms with Crippen molar-refractivity contribution in [3.05, 3.63) is 64.2 Å². The van der Waals surface area contributed by atoms with Gasteiger partial charge in [-0.2, -0.15) is 0 Å². The lowest BCUT2D eigenvalue weighted by Crippen LogP contribution is -2.49. The van der Waals surface area contributed by atoms with E-state index < -0.39 is 0 Å². The van der Waals surface area contributed by atoms with Crippen molar-refractivity contribution in [2.24, 2.45) is 0 Å². The molecule has 2 aromatic carbocycles. The third-order valence-corrected chi connectivity index (χ3v) is 4.98. The summed E-state index contributed by atoms with van der Waals surface area (Å²) in [6, 6.07) is 13.9. The molecule has 3 rings (SSSR count). The number of urea groups is 1. The van der Waals surface area contributed by atoms with Crippen LogP contribution < -0.4 is 5.32 Å². The van der Waals surface area contributed by atoms with Gasteiger partial charge < -0.3 is 10.2 Å². The molecule has 2 amide bonds. The normalized spacial score (nSPS) is 15.2. The lowest BCUT2D eigenvalue weighted by atomic mass is 10.1. The van der Waals surface area contributed by atoms with Crippen LogP contribution in [0.15, 0.2) is 42.5 Å². The molecule has 0 spiro atoms. The molecule has 0 unspecified atom stereocenters. The van der Waals surface area contributed by atoms with Crippen LogP contribution >= 0.6 is 11.6 Å². The van der Waals surface area contributed by atoms with Gasteiger partial charge in [0, 0.05) is 43.4 Å². The number of rotatable bonds is 3. The van der Waals surface area contributed by atoms with Gasteiger partial charge in [-0.25, -0.2) is 4.79 Å². The second kappa shape index (κ2) is 7.89. The van der Waals surface area contributed by atoms with Crippen LogP contribution in [-0.4, -0.2) is 42.0 Å². The van der Waals surface area contributed by atoms with Crippen LogP contribution in [0.25, 0.3) is 0 Å². The highest BCUT2D eigenvalue weighted by Gasteiger charge is 2.21. The molecule has 5 heteroatoms. The first-order valence-corrected chi connectivity index (χ1v) is 8.99. The van der Waals surface area contributed by atoms with Crippen molar-refractivity contribution in [3.63, 3.8) is 0 Å². The summed E-state index contributed by atoms with van der Waals surface area (Å²) in [4.78, 5) is 16.8. The zero-order valence-corrected chi connectivity index (χ0v) is 15.5. The van der Waals surface area contributed by atoms with Crippen molar-refractivity contribution >= 4 is 23.3 Å². The summed E-state index contributed by atoms with van der Waals surface area (Å²) < 4.78 is 0. The van der Waals surface area contributed by atoms with Gasteiger partial charge in [0.05, 0.1) is 0 Å². The maximum absolute atomic E-state index is 12.5. The summed E-state index contributed by atoms with van der Waals surface area (Å²) >= 11 is 5.97. The number of hydrogen-bond acceptors (Lipinski definition) is 2. The Morgan fingerprint density at radius 2 is 1.76 bits per heavy atom. The van der Waals surface area contributed by atoms with Crippen molar-refractivity contribution in [1.82, 2.24) is 9.80 Å². The number of benzene rings is 2. The van der Waals surface area contributed by atoms with Gasteiger partial charge >= 0.3 is 6.03 Å². The molecule has 0 bridgehead atoms. The number of amides is 2. The van der Waals surface area contributed by atoms with Gasteiger partial charge in [-0.15, -0.1) is 0 Å². The van der Waals surface area contributed by atoms with E-state index in [2.05, 4.69) is 41.4 Å². The minimum atomic E-state index is -0.0408. The van der Waals surface area contributed by atoms with Gasteiger partial charge in [0.1, 0.15) is 0 Å². The average molecular weight is 358 g/mol. The Hall–Kier alpha value is -2.04. The molecule has 0 atom stereocenters. The molecule has 1 saturated heterocycles. The SMILES string of the molecule is Cc1ccccc1CN1CCN(C(=O)Nc2ccc(Cl)cc2C)CC1. The number of nitrogens with one attached hydrogen (secondary N) is 1. The number of piperazine rings is 1. The molecule has 0 aliphatic carbocycles. The standard InChI is InChI=1S/C20H24ClN3O/c1-15-5-3-4-6-17(15)14-23-9-11-24(12-10-23)20(25)22-19-8-7-18(21)13-16(19)2/h3-8,13H,9-12,14H2,1-2H3,(H,22,25). The largest absolute Gasteiger partial charge is 0.322 e. The Morgan fingerprint density at radius 1 is 1.04 bits per heavy atom. The summed E-state index contributed by atoms with van der Waals surface area (Å²) in [6.07, 6.45) is 0. The number of aryl methyl sites for hydroxylation is 2. The predicted molar refractivity (Wildman–Crippen MR) is 103 cm³/mol. The predicted octanol–water partition coefficient (Wildman–Crippen LogP) is 4.31. The molecule has 1 aliphatic heterocycles. The number of carbonyl (C=O) groups excluding carboxylic acids is 1. The molecular formula is C20H24ClN3O. The minimum Gasteiger partial charge on any atom is -0.322 e. The molecule has 1 N–H and O–H groups in total. The Bertz CT molecular complexity index is 754. The number of carbonyl (C=O) groups is 1. The summed E-state index contributed by atoms with van der Waals surface area (Å²) in [6.45, 7) is 8.30. The summed E-state index contributed by atoms with van der Waals surface area (Å²) in [5, 5.41) is 3.67. The van der Waals surface area contributed by atoms with Crippen LogP contribution in [0.1, 0.15) is 16.7 Å². The van der Waals surface area contributed by atoms with Crippen LogP contribution in [0.5, 0.6) is 0 Å². The third kappa shape index (κ3) is 4.53.